The maximum absolute atomic E-state index is 12.4. The lowest BCUT2D eigenvalue weighted by molar-refractivity contribution is 0.0904. The molecule has 154 valence electrons. The zero-order valence-corrected chi connectivity index (χ0v) is 17.4. The van der Waals surface area contributed by atoms with Crippen molar-refractivity contribution in [2.75, 3.05) is 52.1 Å². The van der Waals surface area contributed by atoms with E-state index in [-0.39, 0.29) is 18.5 Å². The topological polar surface area (TPSA) is 92.1 Å². The van der Waals surface area contributed by atoms with Crippen LogP contribution in [0.3, 0.4) is 0 Å². The number of aromatic nitrogens is 2. The van der Waals surface area contributed by atoms with E-state index >= 15 is 0 Å². The summed E-state index contributed by atoms with van der Waals surface area (Å²) in [6, 6.07) is 0. The number of hydrogen-bond acceptors (Lipinski definition) is 5. The normalized spacial score (nSPS) is 16.9. The summed E-state index contributed by atoms with van der Waals surface area (Å²) in [5.41, 5.74) is 0. The summed E-state index contributed by atoms with van der Waals surface area (Å²) >= 11 is 0. The monoisotopic (exact) mass is 400 g/mol. The van der Waals surface area contributed by atoms with Crippen LogP contribution in [0.5, 0.6) is 0 Å². The predicted molar refractivity (Wildman–Crippen MR) is 106 cm³/mol. The number of aliphatic imine (C=N–C) groups is 1. The van der Waals surface area contributed by atoms with Gasteiger partial charge in [-0.3, -0.25) is 4.99 Å². The molecule has 10 heteroatoms. The summed E-state index contributed by atoms with van der Waals surface area (Å²) in [6.45, 7) is 7.94. The van der Waals surface area contributed by atoms with E-state index in [9.17, 15) is 8.42 Å². The van der Waals surface area contributed by atoms with Crippen molar-refractivity contribution in [3.8, 4) is 0 Å². The van der Waals surface area contributed by atoms with Crippen molar-refractivity contribution in [1.29, 1.82) is 0 Å². The second kappa shape index (κ2) is 10.6. The van der Waals surface area contributed by atoms with Gasteiger partial charge in [0.2, 0.25) is 10.0 Å². The Balaban J connectivity index is 1.72. The molecule has 9 nitrogen and oxygen atoms in total. The number of nitrogens with one attached hydrogen (secondary N) is 1. The highest BCUT2D eigenvalue weighted by Gasteiger charge is 2.27. The molecule has 0 saturated carbocycles. The first-order valence-corrected chi connectivity index (χ1v) is 11.0. The molecule has 0 aliphatic carbocycles. The van der Waals surface area contributed by atoms with Crippen LogP contribution < -0.4 is 5.32 Å². The molecule has 1 aliphatic rings. The molecule has 0 spiro atoms. The van der Waals surface area contributed by atoms with E-state index in [0.717, 1.165) is 25.5 Å². The van der Waals surface area contributed by atoms with Crippen molar-refractivity contribution in [3.05, 3.63) is 18.7 Å². The number of aryl methyl sites for hydroxylation is 1. The summed E-state index contributed by atoms with van der Waals surface area (Å²) in [5, 5.41) is 3.36. The Morgan fingerprint density at radius 1 is 1.30 bits per heavy atom. The van der Waals surface area contributed by atoms with Gasteiger partial charge in [-0.1, -0.05) is 0 Å². The average Bonchev–Trinajstić information content (AvgIpc) is 3.15. The number of guanidine groups is 1. The highest BCUT2D eigenvalue weighted by Crippen LogP contribution is 2.09. The van der Waals surface area contributed by atoms with Gasteiger partial charge in [-0.15, -0.1) is 0 Å². The van der Waals surface area contributed by atoms with Crippen LogP contribution in [-0.4, -0.2) is 91.4 Å². The van der Waals surface area contributed by atoms with Gasteiger partial charge in [0.15, 0.2) is 5.96 Å². The maximum atomic E-state index is 12.4. The third-order valence-electron chi connectivity index (χ3n) is 4.37. The van der Waals surface area contributed by atoms with Crippen molar-refractivity contribution in [3.63, 3.8) is 0 Å². The van der Waals surface area contributed by atoms with Crippen molar-refractivity contribution < 1.29 is 13.2 Å². The van der Waals surface area contributed by atoms with Crippen molar-refractivity contribution >= 4 is 16.0 Å². The number of sulfonamides is 1. The Labute approximate surface area is 162 Å². The van der Waals surface area contributed by atoms with E-state index in [1.54, 1.807) is 23.9 Å². The Morgan fingerprint density at radius 2 is 2.04 bits per heavy atom. The first-order valence-electron chi connectivity index (χ1n) is 9.43. The molecule has 0 radical (unpaired) electrons. The molecule has 0 unspecified atom stereocenters. The number of imidazole rings is 1. The molecule has 2 heterocycles. The molecule has 27 heavy (non-hydrogen) atoms. The molecule has 0 atom stereocenters. The Kier molecular flexibility index (Phi) is 8.52. The molecule has 1 aromatic heterocycles. The Bertz CT molecular complexity index is 667. The fraction of sp³-hybridized carbons (Fsp3) is 0.765. The maximum Gasteiger partial charge on any atom is 0.216 e. The Morgan fingerprint density at radius 3 is 2.63 bits per heavy atom. The minimum Gasteiger partial charge on any atom is -0.378 e. The van der Waals surface area contributed by atoms with Crippen LogP contribution in [-0.2, 0) is 21.3 Å². The summed E-state index contributed by atoms with van der Waals surface area (Å²) in [7, 11) is -1.51. The number of nitrogens with zero attached hydrogens (tertiary/aromatic N) is 5. The largest absolute Gasteiger partial charge is 0.378 e. The average molecular weight is 401 g/mol. The molecule has 1 aromatic rings. The zero-order valence-electron chi connectivity index (χ0n) is 16.5. The van der Waals surface area contributed by atoms with Gasteiger partial charge in [-0.2, -0.15) is 4.31 Å². The van der Waals surface area contributed by atoms with Crippen molar-refractivity contribution in [2.24, 2.45) is 4.99 Å². The SMILES string of the molecule is CN=C(NCCCn1ccnc1)N1CCN(S(=O)(=O)CCOC(C)C)CC1. The first-order chi connectivity index (χ1) is 12.9. The first kappa shape index (κ1) is 21.6. The quantitative estimate of drug-likeness (QED) is 0.362. The van der Waals surface area contributed by atoms with Crippen LogP contribution in [0.2, 0.25) is 0 Å². The van der Waals surface area contributed by atoms with Crippen molar-refractivity contribution in [2.45, 2.75) is 32.9 Å². The summed E-state index contributed by atoms with van der Waals surface area (Å²) in [6.07, 6.45) is 6.52. The molecular formula is C17H32N6O3S. The minimum absolute atomic E-state index is 0.0341. The second-order valence-electron chi connectivity index (χ2n) is 6.75. The van der Waals surface area contributed by atoms with Gasteiger partial charge in [0, 0.05) is 58.7 Å². The summed E-state index contributed by atoms with van der Waals surface area (Å²) < 4.78 is 33.8. The standard InChI is InChI=1S/C17H32N6O3S/c1-16(2)26-13-14-27(24,25)23-11-9-22(10-12-23)17(18-3)20-5-4-7-21-8-6-19-15-21/h6,8,15-16H,4-5,7,9-14H2,1-3H3,(H,18,20). The van der Waals surface area contributed by atoms with Crippen LogP contribution in [0, 0.1) is 0 Å². The van der Waals surface area contributed by atoms with E-state index in [0.29, 0.717) is 26.2 Å². The van der Waals surface area contributed by atoms with Gasteiger partial charge in [0.05, 0.1) is 24.8 Å². The molecule has 1 fully saturated rings. The second-order valence-corrected chi connectivity index (χ2v) is 8.84. The van der Waals surface area contributed by atoms with Crippen molar-refractivity contribution in [1.82, 2.24) is 24.1 Å². The fourth-order valence-corrected chi connectivity index (χ4v) is 4.19. The molecule has 0 amide bonds. The number of hydrogen-bond donors (Lipinski definition) is 1. The summed E-state index contributed by atoms with van der Waals surface area (Å²) in [5.74, 6) is 0.854. The van der Waals surface area contributed by atoms with Gasteiger partial charge in [0.1, 0.15) is 0 Å². The minimum atomic E-state index is -3.27. The number of rotatable bonds is 9. The van der Waals surface area contributed by atoms with Gasteiger partial charge >= 0.3 is 0 Å². The lowest BCUT2D eigenvalue weighted by Gasteiger charge is -2.35. The van der Waals surface area contributed by atoms with Crippen LogP contribution in [0.4, 0.5) is 0 Å². The Hall–Kier alpha value is -1.65. The highest BCUT2D eigenvalue weighted by atomic mass is 32.2. The lowest BCUT2D eigenvalue weighted by atomic mass is 10.3. The van der Waals surface area contributed by atoms with E-state index in [2.05, 4.69) is 20.2 Å². The number of piperazine rings is 1. The summed E-state index contributed by atoms with van der Waals surface area (Å²) in [4.78, 5) is 10.5. The zero-order chi connectivity index (χ0) is 19.7. The van der Waals surface area contributed by atoms with Gasteiger partial charge in [0.25, 0.3) is 0 Å². The fourth-order valence-electron chi connectivity index (χ4n) is 2.91. The van der Waals surface area contributed by atoms with E-state index < -0.39 is 10.0 Å². The molecule has 1 N–H and O–H groups in total. The molecule has 0 bridgehead atoms. The van der Waals surface area contributed by atoms with Crippen LogP contribution >= 0.6 is 0 Å². The van der Waals surface area contributed by atoms with Crippen LogP contribution in [0.15, 0.2) is 23.7 Å². The van der Waals surface area contributed by atoms with E-state index in [1.807, 2.05) is 24.6 Å². The third kappa shape index (κ3) is 7.11. The molecule has 0 aromatic carbocycles. The lowest BCUT2D eigenvalue weighted by Crippen LogP contribution is -2.54. The van der Waals surface area contributed by atoms with Crippen LogP contribution in [0.1, 0.15) is 20.3 Å². The van der Waals surface area contributed by atoms with Gasteiger partial charge in [-0.05, 0) is 20.3 Å². The molecule has 1 saturated heterocycles. The predicted octanol–water partition coefficient (Wildman–Crippen LogP) is 0.221. The smallest absolute Gasteiger partial charge is 0.216 e. The molecule has 1 aliphatic heterocycles. The van der Waals surface area contributed by atoms with E-state index in [4.69, 9.17) is 4.74 Å². The molecule has 2 rings (SSSR count). The third-order valence-corrected chi connectivity index (χ3v) is 6.21. The van der Waals surface area contributed by atoms with E-state index in [1.165, 1.54) is 0 Å². The highest BCUT2D eigenvalue weighted by molar-refractivity contribution is 7.89. The molecular weight excluding hydrogens is 368 g/mol. The van der Waals surface area contributed by atoms with Gasteiger partial charge in [-0.25, -0.2) is 13.4 Å². The van der Waals surface area contributed by atoms with Gasteiger partial charge < -0.3 is 19.5 Å². The number of ether oxygens (including phenoxy) is 1. The van der Waals surface area contributed by atoms with Crippen LogP contribution in [0.25, 0.3) is 0 Å².